The molecule has 2 aromatic rings. The van der Waals surface area contributed by atoms with E-state index >= 15 is 0 Å². The van der Waals surface area contributed by atoms with Gasteiger partial charge >= 0.3 is 0 Å². The lowest BCUT2D eigenvalue weighted by Crippen LogP contribution is -2.52. The maximum atomic E-state index is 14.6. The molecule has 3 atom stereocenters. The fourth-order valence-electron chi connectivity index (χ4n) is 3.20. The van der Waals surface area contributed by atoms with Crippen molar-refractivity contribution in [2.24, 2.45) is 0 Å². The molecule has 1 fully saturated rings. The summed E-state index contributed by atoms with van der Waals surface area (Å²) in [5, 5.41) is 27.8. The fourth-order valence-corrected chi connectivity index (χ4v) is 3.20. The number of nitrogen functional groups attached to an aromatic ring is 1. The van der Waals surface area contributed by atoms with Gasteiger partial charge in [0.1, 0.15) is 23.7 Å². The number of anilines is 1. The van der Waals surface area contributed by atoms with Crippen molar-refractivity contribution in [1.29, 1.82) is 5.26 Å². The summed E-state index contributed by atoms with van der Waals surface area (Å²) < 4.78 is 20.3. The maximum absolute atomic E-state index is 14.6. The van der Waals surface area contributed by atoms with Crippen LogP contribution in [0.2, 0.25) is 0 Å². The second-order valence-electron chi connectivity index (χ2n) is 6.74. The number of likely N-dealkylation sites (tertiary alicyclic amines) is 1. The van der Waals surface area contributed by atoms with E-state index in [9.17, 15) is 19.6 Å². The average Bonchev–Trinajstić information content (AvgIpc) is 2.74. The van der Waals surface area contributed by atoms with E-state index in [1.165, 1.54) is 0 Å². The molecule has 1 amide bonds. The topological polar surface area (TPSA) is 133 Å². The number of hydrogen-bond donors (Lipinski definition) is 3. The number of rotatable bonds is 5. The largest absolute Gasteiger partial charge is 0.486 e. The first-order valence-corrected chi connectivity index (χ1v) is 9.07. The first-order valence-electron chi connectivity index (χ1n) is 9.07. The number of halogens is 1. The molecule has 8 nitrogen and oxygen atoms in total. The van der Waals surface area contributed by atoms with Gasteiger partial charge in [0.2, 0.25) is 0 Å². The number of aliphatic hydroxyl groups excluding tert-OH is 2. The Kier molecular flexibility index (Phi) is 6.26. The van der Waals surface area contributed by atoms with Gasteiger partial charge in [-0.2, -0.15) is 5.26 Å². The van der Waals surface area contributed by atoms with Crippen LogP contribution in [0.4, 0.5) is 10.2 Å². The van der Waals surface area contributed by atoms with Crippen molar-refractivity contribution in [3.8, 4) is 22.9 Å². The van der Waals surface area contributed by atoms with Crippen LogP contribution >= 0.6 is 0 Å². The van der Waals surface area contributed by atoms with Crippen molar-refractivity contribution in [1.82, 2.24) is 9.88 Å². The number of piperidine rings is 1. The lowest BCUT2D eigenvalue weighted by Gasteiger charge is -2.35. The highest BCUT2D eigenvalue weighted by molar-refractivity contribution is 5.81. The Morgan fingerprint density at radius 3 is 2.83 bits per heavy atom. The van der Waals surface area contributed by atoms with Crippen molar-refractivity contribution in [3.05, 3.63) is 42.1 Å². The molecule has 4 N–H and O–H groups in total. The second kappa shape index (κ2) is 8.86. The fraction of sp³-hybridized carbons (Fsp3) is 0.350. The van der Waals surface area contributed by atoms with E-state index in [1.807, 2.05) is 0 Å². The van der Waals surface area contributed by atoms with Crippen LogP contribution < -0.4 is 10.5 Å². The summed E-state index contributed by atoms with van der Waals surface area (Å²) in [6.45, 7) is -0.790. The van der Waals surface area contributed by atoms with Crippen LogP contribution in [-0.4, -0.2) is 64.1 Å². The minimum absolute atomic E-state index is 0.178. The number of carbonyl (C=O) groups is 1. The summed E-state index contributed by atoms with van der Waals surface area (Å²) >= 11 is 0. The van der Waals surface area contributed by atoms with Crippen LogP contribution in [0.15, 0.2) is 36.5 Å². The lowest BCUT2D eigenvalue weighted by atomic mass is 10.0. The van der Waals surface area contributed by atoms with Gasteiger partial charge in [-0.3, -0.25) is 4.79 Å². The van der Waals surface area contributed by atoms with Gasteiger partial charge in [0.25, 0.3) is 5.91 Å². The highest BCUT2D eigenvalue weighted by Gasteiger charge is 2.35. The van der Waals surface area contributed by atoms with Crippen LogP contribution in [0.3, 0.4) is 0 Å². The Morgan fingerprint density at radius 2 is 2.17 bits per heavy atom. The third-order valence-corrected chi connectivity index (χ3v) is 4.74. The molecule has 1 unspecified atom stereocenters. The first kappa shape index (κ1) is 20.5. The van der Waals surface area contributed by atoms with Gasteiger partial charge < -0.3 is 25.6 Å². The molecule has 0 aliphatic carbocycles. The minimum atomic E-state index is -1.56. The van der Waals surface area contributed by atoms with Gasteiger partial charge in [-0.25, -0.2) is 9.37 Å². The predicted octanol–water partition coefficient (Wildman–Crippen LogP) is 0.873. The van der Waals surface area contributed by atoms with E-state index in [0.717, 1.165) is 16.0 Å². The Balaban J connectivity index is 1.72. The number of nitrogens with two attached hydrogens (primary N) is 1. The molecular formula is C20H21FN4O4. The van der Waals surface area contributed by atoms with E-state index < -0.39 is 30.9 Å². The zero-order valence-electron chi connectivity index (χ0n) is 15.5. The van der Waals surface area contributed by atoms with Crippen molar-refractivity contribution in [2.45, 2.75) is 24.8 Å². The number of alkyl halides is 1. The third-order valence-electron chi connectivity index (χ3n) is 4.74. The molecule has 9 heteroatoms. The molecule has 1 aromatic carbocycles. The molecule has 2 heterocycles. The van der Waals surface area contributed by atoms with Crippen LogP contribution in [-0.2, 0) is 4.79 Å². The van der Waals surface area contributed by atoms with Crippen LogP contribution in [0.25, 0.3) is 11.1 Å². The van der Waals surface area contributed by atoms with Crippen molar-refractivity contribution >= 4 is 11.7 Å². The van der Waals surface area contributed by atoms with Crippen LogP contribution in [0.1, 0.15) is 12.0 Å². The van der Waals surface area contributed by atoms with Gasteiger partial charge in [0.15, 0.2) is 12.3 Å². The highest BCUT2D eigenvalue weighted by atomic mass is 19.1. The number of carbonyl (C=O) groups excluding carboxylic acids is 1. The zero-order chi connectivity index (χ0) is 21.0. The molecule has 0 bridgehead atoms. The summed E-state index contributed by atoms with van der Waals surface area (Å²) in [6.07, 6.45) is -2.12. The third kappa shape index (κ3) is 4.62. The Labute approximate surface area is 167 Å². The molecule has 152 valence electrons. The summed E-state index contributed by atoms with van der Waals surface area (Å²) in [6, 6.07) is 10.5. The number of nitriles is 1. The van der Waals surface area contributed by atoms with E-state index in [0.29, 0.717) is 5.82 Å². The molecule has 1 aliphatic rings. The molecule has 0 radical (unpaired) electrons. The number of pyridine rings is 1. The molecule has 29 heavy (non-hydrogen) atoms. The Morgan fingerprint density at radius 1 is 1.41 bits per heavy atom. The van der Waals surface area contributed by atoms with E-state index in [-0.39, 0.29) is 30.8 Å². The van der Waals surface area contributed by atoms with Crippen molar-refractivity contribution in [2.75, 3.05) is 25.4 Å². The normalized spacial score (nSPS) is 20.0. The van der Waals surface area contributed by atoms with Crippen molar-refractivity contribution < 1.29 is 24.1 Å². The Bertz CT molecular complexity index is 933. The van der Waals surface area contributed by atoms with Gasteiger partial charge in [0.05, 0.1) is 18.7 Å². The molecule has 1 aliphatic heterocycles. The number of hydrogen-bond acceptors (Lipinski definition) is 7. The number of benzene rings is 1. The van der Waals surface area contributed by atoms with Gasteiger partial charge in [-0.05, 0) is 35.4 Å². The van der Waals surface area contributed by atoms with Crippen LogP contribution in [0, 0.1) is 11.3 Å². The number of aliphatic hydroxyl groups is 2. The number of aromatic nitrogens is 1. The highest BCUT2D eigenvalue weighted by Crippen LogP contribution is 2.29. The summed E-state index contributed by atoms with van der Waals surface area (Å²) in [5.41, 5.74) is 7.48. The van der Waals surface area contributed by atoms with E-state index in [2.05, 4.69) is 11.1 Å². The first-order chi connectivity index (χ1) is 13.9. The zero-order valence-corrected chi connectivity index (χ0v) is 15.5. The van der Waals surface area contributed by atoms with Gasteiger partial charge in [0, 0.05) is 19.2 Å². The standard InChI is InChI=1S/C20H21FN4O4/c21-15-10-25(20(28)16(27)11-26)6-4-18(15)29-17-2-1-12(7-14(17)9-22)13-3-5-24-19(23)8-13/h1-3,5,7-8,15-16,18,26-27H,4,6,10-11H2,(H2,23,24)/t15?,16-,18-/m0/s1. The van der Waals surface area contributed by atoms with Crippen molar-refractivity contribution in [3.63, 3.8) is 0 Å². The van der Waals surface area contributed by atoms with E-state index in [1.54, 1.807) is 36.5 Å². The summed E-state index contributed by atoms with van der Waals surface area (Å²) in [7, 11) is 0. The SMILES string of the molecule is N#Cc1cc(-c2ccnc(N)c2)ccc1O[C@H]1CCN(C(=O)[C@@H](O)CO)CC1F. The van der Waals surface area contributed by atoms with Gasteiger partial charge in [-0.1, -0.05) is 6.07 Å². The smallest absolute Gasteiger partial charge is 0.253 e. The number of ether oxygens (including phenoxy) is 1. The lowest BCUT2D eigenvalue weighted by molar-refractivity contribution is -0.146. The second-order valence-corrected chi connectivity index (χ2v) is 6.74. The molecule has 0 spiro atoms. The molecule has 1 saturated heterocycles. The molecular weight excluding hydrogens is 379 g/mol. The number of amides is 1. The van der Waals surface area contributed by atoms with Gasteiger partial charge in [-0.15, -0.1) is 0 Å². The van der Waals surface area contributed by atoms with E-state index in [4.69, 9.17) is 15.6 Å². The number of nitrogens with zero attached hydrogens (tertiary/aromatic N) is 3. The average molecular weight is 400 g/mol. The molecule has 0 saturated carbocycles. The quantitative estimate of drug-likeness (QED) is 0.678. The predicted molar refractivity (Wildman–Crippen MR) is 102 cm³/mol. The Hall–Kier alpha value is -3.22. The monoisotopic (exact) mass is 400 g/mol. The minimum Gasteiger partial charge on any atom is -0.486 e. The van der Waals surface area contributed by atoms with Crippen LogP contribution in [0.5, 0.6) is 5.75 Å². The maximum Gasteiger partial charge on any atom is 0.253 e. The molecule has 1 aromatic heterocycles. The summed E-state index contributed by atoms with van der Waals surface area (Å²) in [4.78, 5) is 17.0. The molecule has 3 rings (SSSR count). The summed E-state index contributed by atoms with van der Waals surface area (Å²) in [5.74, 6) is -0.109.